The van der Waals surface area contributed by atoms with Crippen LogP contribution < -0.4 is 20.3 Å². The summed E-state index contributed by atoms with van der Waals surface area (Å²) >= 11 is 0. The van der Waals surface area contributed by atoms with E-state index in [0.29, 0.717) is 34.3 Å². The third kappa shape index (κ3) is 6.58. The molecule has 0 saturated carbocycles. The lowest BCUT2D eigenvalue weighted by Gasteiger charge is -2.13. The van der Waals surface area contributed by atoms with E-state index in [0.717, 1.165) is 18.7 Å². The molecule has 3 rings (SSSR count). The molecule has 0 aliphatic rings. The van der Waals surface area contributed by atoms with Gasteiger partial charge in [0.2, 0.25) is 11.8 Å². The summed E-state index contributed by atoms with van der Waals surface area (Å²) in [5, 5.41) is 2.57. The molecule has 2 aromatic heterocycles. The molecule has 2 heterocycles. The first kappa shape index (κ1) is 23.8. The van der Waals surface area contributed by atoms with Crippen LogP contribution in [0, 0.1) is 0 Å². The summed E-state index contributed by atoms with van der Waals surface area (Å²) in [5.41, 5.74) is -2.06. The summed E-state index contributed by atoms with van der Waals surface area (Å²) in [7, 11) is 0. The normalized spacial score (nSPS) is 11.2. The predicted octanol–water partition coefficient (Wildman–Crippen LogP) is 4.16. The number of halogens is 3. The molecule has 174 valence electrons. The minimum atomic E-state index is -4.79. The maximum atomic E-state index is 12.9. The zero-order valence-corrected chi connectivity index (χ0v) is 17.8. The molecule has 1 N–H and O–H groups in total. The number of nitrogens with zero attached hydrogens (tertiary/aromatic N) is 2. The van der Waals surface area contributed by atoms with E-state index < -0.39 is 29.8 Å². The standard InChI is InChI=1S/C23H22F3N3O4/c1-2-13-32-17-7-9-18(10-8-17)33-21-16(5-3-11-27-21)14-28-20(30)15-29-12-4-6-19(22(29)31)23(24,25)26/h3-12H,2,13-15H2,1H3,(H,28,30). The summed E-state index contributed by atoms with van der Waals surface area (Å²) in [5.74, 6) is 0.850. The van der Waals surface area contributed by atoms with Gasteiger partial charge in [0.15, 0.2) is 0 Å². The number of ether oxygens (including phenoxy) is 2. The predicted molar refractivity (Wildman–Crippen MR) is 114 cm³/mol. The second kappa shape index (κ2) is 10.7. The molecule has 0 bridgehead atoms. The summed E-state index contributed by atoms with van der Waals surface area (Å²) in [6, 6.07) is 12.1. The van der Waals surface area contributed by atoms with Crippen molar-refractivity contribution in [2.45, 2.75) is 32.6 Å². The molecule has 0 atom stereocenters. The smallest absolute Gasteiger partial charge is 0.421 e. The number of amides is 1. The van der Waals surface area contributed by atoms with Crippen molar-refractivity contribution in [1.82, 2.24) is 14.9 Å². The molecule has 3 aromatic rings. The number of nitrogens with one attached hydrogen (secondary N) is 1. The van der Waals surface area contributed by atoms with Crippen LogP contribution in [0.3, 0.4) is 0 Å². The van der Waals surface area contributed by atoms with Gasteiger partial charge in [0.1, 0.15) is 23.6 Å². The number of aromatic nitrogens is 2. The number of carbonyl (C=O) groups is 1. The van der Waals surface area contributed by atoms with E-state index in [1.807, 2.05) is 6.92 Å². The molecule has 0 saturated heterocycles. The van der Waals surface area contributed by atoms with Gasteiger partial charge >= 0.3 is 6.18 Å². The number of benzene rings is 1. The highest BCUT2D eigenvalue weighted by Crippen LogP contribution is 2.26. The molecule has 1 aromatic carbocycles. The Morgan fingerprint density at radius 1 is 1.09 bits per heavy atom. The van der Waals surface area contributed by atoms with Crippen LogP contribution in [-0.4, -0.2) is 22.1 Å². The molecule has 1 amide bonds. The molecule has 0 spiro atoms. The van der Waals surface area contributed by atoms with Gasteiger partial charge in [-0.05, 0) is 48.9 Å². The van der Waals surface area contributed by atoms with E-state index in [2.05, 4.69) is 10.3 Å². The Balaban J connectivity index is 1.64. The van der Waals surface area contributed by atoms with E-state index in [4.69, 9.17) is 9.47 Å². The second-order valence-corrected chi connectivity index (χ2v) is 7.02. The van der Waals surface area contributed by atoms with Crippen molar-refractivity contribution in [3.63, 3.8) is 0 Å². The van der Waals surface area contributed by atoms with E-state index in [1.165, 1.54) is 6.20 Å². The maximum Gasteiger partial charge on any atom is 0.421 e. The van der Waals surface area contributed by atoms with Gasteiger partial charge in [0, 0.05) is 24.5 Å². The van der Waals surface area contributed by atoms with Gasteiger partial charge in [0.25, 0.3) is 5.56 Å². The van der Waals surface area contributed by atoms with Crippen LogP contribution in [-0.2, 0) is 24.1 Å². The van der Waals surface area contributed by atoms with Crippen molar-refractivity contribution in [2.75, 3.05) is 6.61 Å². The van der Waals surface area contributed by atoms with Crippen molar-refractivity contribution in [1.29, 1.82) is 0 Å². The average molecular weight is 461 g/mol. The Morgan fingerprint density at radius 2 is 1.82 bits per heavy atom. The first-order chi connectivity index (χ1) is 15.8. The van der Waals surface area contributed by atoms with Crippen molar-refractivity contribution < 1.29 is 27.4 Å². The number of hydrogen-bond acceptors (Lipinski definition) is 5. The Kier molecular flexibility index (Phi) is 7.70. The van der Waals surface area contributed by atoms with Crippen LogP contribution in [0.15, 0.2) is 65.7 Å². The molecule has 0 aliphatic carbocycles. The fourth-order valence-electron chi connectivity index (χ4n) is 2.87. The topological polar surface area (TPSA) is 82.4 Å². The number of pyridine rings is 2. The van der Waals surface area contributed by atoms with Crippen LogP contribution in [0.2, 0.25) is 0 Å². The van der Waals surface area contributed by atoms with Crippen molar-refractivity contribution in [3.8, 4) is 17.4 Å². The zero-order chi connectivity index (χ0) is 23.8. The first-order valence-corrected chi connectivity index (χ1v) is 10.2. The van der Waals surface area contributed by atoms with Gasteiger partial charge < -0.3 is 19.4 Å². The quantitative estimate of drug-likeness (QED) is 0.518. The van der Waals surface area contributed by atoms with E-state index in [-0.39, 0.29) is 12.4 Å². The molecule has 0 aliphatic heterocycles. The Hall–Kier alpha value is -3.82. The zero-order valence-electron chi connectivity index (χ0n) is 17.8. The number of carbonyl (C=O) groups excluding carboxylic acids is 1. The first-order valence-electron chi connectivity index (χ1n) is 10.2. The molecule has 0 unspecified atom stereocenters. The Bertz CT molecular complexity index is 1140. The Morgan fingerprint density at radius 3 is 2.52 bits per heavy atom. The van der Waals surface area contributed by atoms with E-state index in [1.54, 1.807) is 36.4 Å². The number of alkyl halides is 3. The fraction of sp³-hybridized carbons (Fsp3) is 0.261. The summed E-state index contributed by atoms with van der Waals surface area (Å²) in [6.07, 6.45) is -1.24. The molecule has 33 heavy (non-hydrogen) atoms. The lowest BCUT2D eigenvalue weighted by Crippen LogP contribution is -2.34. The molecule has 10 heteroatoms. The van der Waals surface area contributed by atoms with Crippen LogP contribution in [0.1, 0.15) is 24.5 Å². The highest BCUT2D eigenvalue weighted by Gasteiger charge is 2.34. The van der Waals surface area contributed by atoms with Gasteiger partial charge in [0.05, 0.1) is 6.61 Å². The lowest BCUT2D eigenvalue weighted by atomic mass is 10.2. The van der Waals surface area contributed by atoms with Gasteiger partial charge in [-0.1, -0.05) is 13.0 Å². The molecule has 0 radical (unpaired) electrons. The summed E-state index contributed by atoms with van der Waals surface area (Å²) < 4.78 is 50.7. The summed E-state index contributed by atoms with van der Waals surface area (Å²) in [4.78, 5) is 28.4. The number of hydrogen-bond donors (Lipinski definition) is 1. The third-order valence-corrected chi connectivity index (χ3v) is 4.48. The van der Waals surface area contributed by atoms with Gasteiger partial charge in [-0.15, -0.1) is 0 Å². The van der Waals surface area contributed by atoms with Crippen molar-refractivity contribution in [3.05, 3.63) is 82.4 Å². The van der Waals surface area contributed by atoms with Crippen molar-refractivity contribution in [2.24, 2.45) is 0 Å². The maximum absolute atomic E-state index is 12.9. The SMILES string of the molecule is CCCOc1ccc(Oc2ncccc2CNC(=O)Cn2cccc(C(F)(F)F)c2=O)cc1. The molecule has 0 fully saturated rings. The van der Waals surface area contributed by atoms with Crippen LogP contribution in [0.5, 0.6) is 17.4 Å². The molecule has 7 nitrogen and oxygen atoms in total. The lowest BCUT2D eigenvalue weighted by molar-refractivity contribution is -0.139. The summed E-state index contributed by atoms with van der Waals surface area (Å²) in [6.45, 7) is 2.07. The third-order valence-electron chi connectivity index (χ3n) is 4.48. The fourth-order valence-corrected chi connectivity index (χ4v) is 2.87. The monoisotopic (exact) mass is 461 g/mol. The van der Waals surface area contributed by atoms with Crippen LogP contribution in [0.25, 0.3) is 0 Å². The van der Waals surface area contributed by atoms with E-state index in [9.17, 15) is 22.8 Å². The van der Waals surface area contributed by atoms with Crippen molar-refractivity contribution >= 4 is 5.91 Å². The molecular weight excluding hydrogens is 439 g/mol. The highest BCUT2D eigenvalue weighted by atomic mass is 19.4. The largest absolute Gasteiger partial charge is 0.494 e. The average Bonchev–Trinajstić information content (AvgIpc) is 2.78. The Labute approximate surface area is 187 Å². The van der Waals surface area contributed by atoms with Gasteiger partial charge in [-0.2, -0.15) is 13.2 Å². The minimum absolute atomic E-state index is 0.00735. The second-order valence-electron chi connectivity index (χ2n) is 7.02. The van der Waals surface area contributed by atoms with Crippen LogP contribution >= 0.6 is 0 Å². The van der Waals surface area contributed by atoms with Crippen LogP contribution in [0.4, 0.5) is 13.2 Å². The minimum Gasteiger partial charge on any atom is -0.494 e. The van der Waals surface area contributed by atoms with Gasteiger partial charge in [-0.3, -0.25) is 9.59 Å². The number of rotatable bonds is 9. The highest BCUT2D eigenvalue weighted by molar-refractivity contribution is 5.75. The molecular formula is C23H22F3N3O4. The van der Waals surface area contributed by atoms with E-state index >= 15 is 0 Å². The van der Waals surface area contributed by atoms with Gasteiger partial charge in [-0.25, -0.2) is 4.98 Å².